The highest BCUT2D eigenvalue weighted by Crippen LogP contribution is 2.24. The number of rotatable bonds is 5. The van der Waals surface area contributed by atoms with Gasteiger partial charge in [0.2, 0.25) is 12.0 Å². The van der Waals surface area contributed by atoms with E-state index in [1.807, 2.05) is 6.07 Å². The van der Waals surface area contributed by atoms with Crippen molar-refractivity contribution in [2.24, 2.45) is 0 Å². The molecule has 6 nitrogen and oxygen atoms in total. The van der Waals surface area contributed by atoms with Crippen LogP contribution in [0.4, 0.5) is 0 Å². The molecular formula is C16H18N2O4. The predicted molar refractivity (Wildman–Crippen MR) is 77.6 cm³/mol. The summed E-state index contributed by atoms with van der Waals surface area (Å²) in [5, 5.41) is 5.41. The summed E-state index contributed by atoms with van der Waals surface area (Å²) in [6.07, 6.45) is 1.65. The molecule has 0 radical (unpaired) electrons. The summed E-state index contributed by atoms with van der Waals surface area (Å²) in [5.41, 5.74) is 0.623. The fraction of sp³-hybridized carbons (Fsp3) is 0.438. The summed E-state index contributed by atoms with van der Waals surface area (Å²) < 4.78 is 5.39. The second-order valence-electron chi connectivity index (χ2n) is 5.67. The zero-order chi connectivity index (χ0) is 15.5. The average Bonchev–Trinajstić information content (AvgIpc) is 3.23. The van der Waals surface area contributed by atoms with Crippen molar-refractivity contribution >= 4 is 17.8 Å². The van der Waals surface area contributed by atoms with Crippen molar-refractivity contribution in [3.8, 4) is 0 Å². The molecule has 2 fully saturated rings. The third-order valence-corrected chi connectivity index (χ3v) is 3.78. The largest absolute Gasteiger partial charge is 0.446 e. The fourth-order valence-corrected chi connectivity index (χ4v) is 2.39. The van der Waals surface area contributed by atoms with Gasteiger partial charge in [0.05, 0.1) is 0 Å². The third-order valence-electron chi connectivity index (χ3n) is 3.78. The highest BCUT2D eigenvalue weighted by atomic mass is 16.5. The summed E-state index contributed by atoms with van der Waals surface area (Å²) in [6, 6.07) is 8.43. The van der Waals surface area contributed by atoms with Crippen molar-refractivity contribution in [1.29, 1.82) is 0 Å². The van der Waals surface area contributed by atoms with E-state index >= 15 is 0 Å². The Bertz CT molecular complexity index is 583. The summed E-state index contributed by atoms with van der Waals surface area (Å²) >= 11 is 0. The molecule has 3 rings (SSSR count). The Morgan fingerprint density at radius 1 is 1.18 bits per heavy atom. The molecule has 1 heterocycles. The van der Waals surface area contributed by atoms with Gasteiger partial charge in [-0.1, -0.05) is 30.3 Å². The first-order chi connectivity index (χ1) is 10.6. The van der Waals surface area contributed by atoms with E-state index in [1.165, 1.54) is 0 Å². The van der Waals surface area contributed by atoms with E-state index in [4.69, 9.17) is 4.74 Å². The fourth-order valence-electron chi connectivity index (χ4n) is 2.39. The lowest BCUT2D eigenvalue weighted by atomic mass is 10.1. The molecule has 2 N–H and O–H groups in total. The minimum atomic E-state index is -0.980. The Labute approximate surface area is 128 Å². The number of hydrogen-bond donors (Lipinski definition) is 2. The molecule has 0 bridgehead atoms. The van der Waals surface area contributed by atoms with Crippen LogP contribution in [0, 0.1) is 0 Å². The highest BCUT2D eigenvalue weighted by Gasteiger charge is 2.34. The first-order valence-corrected chi connectivity index (χ1v) is 7.48. The molecule has 1 aliphatic heterocycles. The van der Waals surface area contributed by atoms with E-state index in [2.05, 4.69) is 10.6 Å². The van der Waals surface area contributed by atoms with Crippen LogP contribution in [0.15, 0.2) is 30.3 Å². The number of nitrogens with one attached hydrogen (secondary N) is 2. The van der Waals surface area contributed by atoms with Crippen LogP contribution in [-0.4, -0.2) is 29.9 Å². The normalized spacial score (nSPS) is 21.8. The van der Waals surface area contributed by atoms with Crippen LogP contribution in [0.1, 0.15) is 37.4 Å². The van der Waals surface area contributed by atoms with E-state index in [0.717, 1.165) is 12.8 Å². The van der Waals surface area contributed by atoms with Gasteiger partial charge in [-0.2, -0.15) is 0 Å². The van der Waals surface area contributed by atoms with E-state index in [1.54, 1.807) is 24.3 Å². The van der Waals surface area contributed by atoms with E-state index < -0.39 is 18.1 Å². The molecule has 1 saturated heterocycles. The molecule has 22 heavy (non-hydrogen) atoms. The van der Waals surface area contributed by atoms with Gasteiger partial charge in [0.25, 0.3) is 5.91 Å². The van der Waals surface area contributed by atoms with Gasteiger partial charge in [-0.15, -0.1) is 0 Å². The zero-order valence-corrected chi connectivity index (χ0v) is 12.1. The third kappa shape index (κ3) is 3.44. The number of amides is 2. The zero-order valence-electron chi connectivity index (χ0n) is 12.1. The summed E-state index contributed by atoms with van der Waals surface area (Å²) in [4.78, 5) is 35.7. The van der Waals surface area contributed by atoms with Gasteiger partial charge in [-0.25, -0.2) is 4.79 Å². The minimum Gasteiger partial charge on any atom is -0.446 e. The Balaban J connectivity index is 1.71. The molecule has 2 aliphatic rings. The first kappa shape index (κ1) is 14.6. The summed E-state index contributed by atoms with van der Waals surface area (Å²) in [5.74, 6) is -1.04. The molecule has 1 saturated carbocycles. The smallest absolute Gasteiger partial charge is 0.329 e. The molecular weight excluding hydrogens is 284 g/mol. The number of hydrogen-bond acceptors (Lipinski definition) is 4. The van der Waals surface area contributed by atoms with E-state index in [0.29, 0.717) is 18.4 Å². The Hall–Kier alpha value is -2.37. The van der Waals surface area contributed by atoms with Crippen molar-refractivity contribution in [2.75, 3.05) is 0 Å². The molecule has 0 unspecified atom stereocenters. The number of ether oxygens (including phenoxy) is 1. The van der Waals surface area contributed by atoms with Crippen LogP contribution in [0.3, 0.4) is 0 Å². The van der Waals surface area contributed by atoms with Gasteiger partial charge < -0.3 is 15.4 Å². The quantitative estimate of drug-likeness (QED) is 0.789. The molecule has 116 valence electrons. The highest BCUT2D eigenvalue weighted by molar-refractivity contribution is 5.90. The van der Waals surface area contributed by atoms with Crippen LogP contribution in [0.2, 0.25) is 0 Å². The molecule has 1 aliphatic carbocycles. The minimum absolute atomic E-state index is 0.166. The van der Waals surface area contributed by atoms with Crippen molar-refractivity contribution in [2.45, 2.75) is 43.9 Å². The van der Waals surface area contributed by atoms with Crippen LogP contribution < -0.4 is 10.6 Å². The van der Waals surface area contributed by atoms with Crippen LogP contribution in [0.5, 0.6) is 0 Å². The monoisotopic (exact) mass is 302 g/mol. The maximum absolute atomic E-state index is 12.3. The first-order valence-electron chi connectivity index (χ1n) is 7.48. The lowest BCUT2D eigenvalue weighted by Gasteiger charge is -2.20. The van der Waals surface area contributed by atoms with E-state index in [-0.39, 0.29) is 17.9 Å². The SMILES string of the molecule is O=C1CC[C@H](C(=O)O[C@H](C(=O)NC2CC2)c2ccccc2)N1. The maximum atomic E-state index is 12.3. The Morgan fingerprint density at radius 2 is 1.91 bits per heavy atom. The lowest BCUT2D eigenvalue weighted by Crippen LogP contribution is -2.39. The number of benzene rings is 1. The van der Waals surface area contributed by atoms with Gasteiger partial charge in [0.1, 0.15) is 6.04 Å². The number of carbonyl (C=O) groups excluding carboxylic acids is 3. The van der Waals surface area contributed by atoms with Crippen molar-refractivity contribution in [1.82, 2.24) is 10.6 Å². The molecule has 1 aromatic carbocycles. The lowest BCUT2D eigenvalue weighted by molar-refractivity contribution is -0.158. The van der Waals surface area contributed by atoms with Gasteiger partial charge in [-0.3, -0.25) is 9.59 Å². The van der Waals surface area contributed by atoms with Crippen molar-refractivity contribution < 1.29 is 19.1 Å². The summed E-state index contributed by atoms with van der Waals surface area (Å²) in [7, 11) is 0. The number of esters is 1. The molecule has 6 heteroatoms. The average molecular weight is 302 g/mol. The molecule has 0 spiro atoms. The Morgan fingerprint density at radius 3 is 2.50 bits per heavy atom. The van der Waals surface area contributed by atoms with Crippen LogP contribution >= 0.6 is 0 Å². The standard InChI is InChI=1S/C16H18N2O4/c19-13-9-8-12(18-13)16(21)22-14(10-4-2-1-3-5-10)15(20)17-11-6-7-11/h1-5,11-12,14H,6-9H2,(H,17,20)(H,18,19)/t12-,14+/m1/s1. The predicted octanol–water partition coefficient (Wildman–Crippen LogP) is 0.828. The Kier molecular flexibility index (Phi) is 4.09. The molecule has 0 aromatic heterocycles. The van der Waals surface area contributed by atoms with Crippen LogP contribution in [-0.2, 0) is 19.1 Å². The van der Waals surface area contributed by atoms with Gasteiger partial charge in [0.15, 0.2) is 0 Å². The molecule has 2 atom stereocenters. The van der Waals surface area contributed by atoms with Crippen molar-refractivity contribution in [3.63, 3.8) is 0 Å². The van der Waals surface area contributed by atoms with Crippen molar-refractivity contribution in [3.05, 3.63) is 35.9 Å². The second-order valence-corrected chi connectivity index (χ2v) is 5.67. The topological polar surface area (TPSA) is 84.5 Å². The molecule has 2 amide bonds. The second kappa shape index (κ2) is 6.17. The molecule has 1 aromatic rings. The van der Waals surface area contributed by atoms with Gasteiger partial charge in [-0.05, 0) is 19.3 Å². The maximum Gasteiger partial charge on any atom is 0.329 e. The van der Waals surface area contributed by atoms with Gasteiger partial charge >= 0.3 is 5.97 Å². The summed E-state index contributed by atoms with van der Waals surface area (Å²) in [6.45, 7) is 0. The van der Waals surface area contributed by atoms with E-state index in [9.17, 15) is 14.4 Å². The van der Waals surface area contributed by atoms with Gasteiger partial charge in [0, 0.05) is 18.0 Å². The number of carbonyl (C=O) groups is 3. The van der Waals surface area contributed by atoms with Crippen LogP contribution in [0.25, 0.3) is 0 Å².